The number of ether oxygens (including phenoxy) is 1. The molecule has 1 heterocycles. The van der Waals surface area contributed by atoms with Crippen molar-refractivity contribution in [3.8, 4) is 5.75 Å². The van der Waals surface area contributed by atoms with E-state index in [2.05, 4.69) is 26.3 Å². The Morgan fingerprint density at radius 2 is 2.10 bits per heavy atom. The van der Waals surface area contributed by atoms with E-state index in [1.54, 1.807) is 32.5 Å². The number of rotatable bonds is 5. The van der Waals surface area contributed by atoms with Crippen LogP contribution in [0, 0.1) is 5.82 Å². The van der Waals surface area contributed by atoms with Crippen molar-refractivity contribution in [1.29, 1.82) is 0 Å². The van der Waals surface area contributed by atoms with E-state index >= 15 is 0 Å². The van der Waals surface area contributed by atoms with Gasteiger partial charge in [0.25, 0.3) is 0 Å². The Hall–Kier alpha value is -1.40. The normalized spacial score (nSPS) is 12.7. The monoisotopic (exact) mass is 355 g/mol. The number of aromatic nitrogens is 2. The van der Waals surface area contributed by atoms with Gasteiger partial charge in [0.05, 0.1) is 35.1 Å². The van der Waals surface area contributed by atoms with Crippen molar-refractivity contribution in [1.82, 2.24) is 15.1 Å². The third-order valence-electron chi connectivity index (χ3n) is 3.36. The van der Waals surface area contributed by atoms with Crippen molar-refractivity contribution in [2.24, 2.45) is 0 Å². The summed E-state index contributed by atoms with van der Waals surface area (Å²) in [5.41, 5.74) is 1.35. The summed E-state index contributed by atoms with van der Waals surface area (Å²) in [6.07, 6.45) is 1.73. The summed E-state index contributed by atoms with van der Waals surface area (Å²) in [4.78, 5) is 0. The highest BCUT2D eigenvalue weighted by molar-refractivity contribution is 9.10. The molecule has 1 unspecified atom stereocenters. The average Bonchev–Trinajstić information content (AvgIpc) is 2.83. The van der Waals surface area contributed by atoms with Crippen molar-refractivity contribution in [3.63, 3.8) is 0 Å². The number of benzene rings is 1. The minimum atomic E-state index is -0.361. The molecule has 21 heavy (non-hydrogen) atoms. The Morgan fingerprint density at radius 3 is 2.67 bits per heavy atom. The summed E-state index contributed by atoms with van der Waals surface area (Å²) in [5, 5.41) is 7.52. The van der Waals surface area contributed by atoms with Crippen molar-refractivity contribution < 1.29 is 9.13 Å². The topological polar surface area (TPSA) is 39.1 Å². The average molecular weight is 356 g/mol. The predicted molar refractivity (Wildman–Crippen MR) is 84.2 cm³/mol. The van der Waals surface area contributed by atoms with Gasteiger partial charge in [0.1, 0.15) is 11.6 Å². The van der Waals surface area contributed by atoms with Crippen molar-refractivity contribution in [2.45, 2.75) is 25.9 Å². The van der Waals surface area contributed by atoms with E-state index in [0.29, 0.717) is 11.3 Å². The first-order valence-corrected chi connectivity index (χ1v) is 7.53. The SMILES string of the molecule is CNC(c1c(F)cccc1OC)c1c(Br)cnn1C(C)C. The van der Waals surface area contributed by atoms with Crippen LogP contribution in [-0.4, -0.2) is 23.9 Å². The molecular weight excluding hydrogens is 337 g/mol. The lowest BCUT2D eigenvalue weighted by molar-refractivity contribution is 0.394. The molecule has 4 nitrogen and oxygen atoms in total. The quantitative estimate of drug-likeness (QED) is 0.888. The number of halogens is 2. The van der Waals surface area contributed by atoms with Gasteiger partial charge in [-0.1, -0.05) is 6.07 Å². The van der Waals surface area contributed by atoms with Crippen molar-refractivity contribution in [2.75, 3.05) is 14.2 Å². The van der Waals surface area contributed by atoms with Crippen LogP contribution in [0.5, 0.6) is 5.75 Å². The summed E-state index contributed by atoms with van der Waals surface area (Å²) >= 11 is 3.51. The molecule has 6 heteroatoms. The maximum absolute atomic E-state index is 14.4. The number of hydrogen-bond acceptors (Lipinski definition) is 3. The van der Waals surface area contributed by atoms with Gasteiger partial charge < -0.3 is 10.1 Å². The van der Waals surface area contributed by atoms with Crippen LogP contribution in [0.2, 0.25) is 0 Å². The van der Waals surface area contributed by atoms with Gasteiger partial charge in [0.2, 0.25) is 0 Å². The van der Waals surface area contributed by atoms with Crippen LogP contribution >= 0.6 is 15.9 Å². The highest BCUT2D eigenvalue weighted by Crippen LogP contribution is 2.36. The molecule has 0 aliphatic heterocycles. The van der Waals surface area contributed by atoms with Gasteiger partial charge in [-0.2, -0.15) is 5.10 Å². The van der Waals surface area contributed by atoms with E-state index in [0.717, 1.165) is 10.2 Å². The van der Waals surface area contributed by atoms with Crippen LogP contribution in [0.25, 0.3) is 0 Å². The summed E-state index contributed by atoms with van der Waals surface area (Å²) in [5.74, 6) is 0.204. The van der Waals surface area contributed by atoms with Gasteiger partial charge in [0, 0.05) is 6.04 Å². The van der Waals surface area contributed by atoms with Crippen LogP contribution in [0.15, 0.2) is 28.9 Å². The summed E-state index contributed by atoms with van der Waals surface area (Å²) in [7, 11) is 3.33. The molecule has 2 aromatic rings. The minimum absolute atomic E-state index is 0.167. The van der Waals surface area contributed by atoms with Crippen LogP contribution in [0.3, 0.4) is 0 Å². The molecule has 0 saturated heterocycles. The molecule has 2 rings (SSSR count). The zero-order valence-corrected chi connectivity index (χ0v) is 14.1. The van der Waals surface area contributed by atoms with Crippen LogP contribution in [-0.2, 0) is 0 Å². The van der Waals surface area contributed by atoms with Gasteiger partial charge in [-0.15, -0.1) is 0 Å². The number of methoxy groups -OCH3 is 1. The summed E-state index contributed by atoms with van der Waals surface area (Å²) in [6, 6.07) is 4.64. The molecule has 0 aliphatic rings. The van der Waals surface area contributed by atoms with E-state index in [4.69, 9.17) is 4.74 Å². The first-order valence-electron chi connectivity index (χ1n) is 6.73. The van der Waals surface area contributed by atoms with E-state index in [-0.39, 0.29) is 17.9 Å². The van der Waals surface area contributed by atoms with E-state index in [1.165, 1.54) is 6.07 Å². The molecule has 0 radical (unpaired) electrons. The molecule has 1 aromatic carbocycles. The van der Waals surface area contributed by atoms with Gasteiger partial charge in [-0.25, -0.2) is 4.39 Å². The molecule has 0 saturated carbocycles. The first-order chi connectivity index (χ1) is 10.0. The summed E-state index contributed by atoms with van der Waals surface area (Å²) in [6.45, 7) is 4.07. The number of hydrogen-bond donors (Lipinski definition) is 1. The number of nitrogens with one attached hydrogen (secondary N) is 1. The molecule has 0 aliphatic carbocycles. The third-order valence-corrected chi connectivity index (χ3v) is 3.97. The molecule has 0 amide bonds. The fourth-order valence-electron chi connectivity index (χ4n) is 2.43. The molecule has 1 aromatic heterocycles. The van der Waals surface area contributed by atoms with Gasteiger partial charge in [-0.05, 0) is 49.0 Å². The fourth-order valence-corrected chi connectivity index (χ4v) is 2.93. The Bertz CT molecular complexity index is 627. The molecule has 1 atom stereocenters. The van der Waals surface area contributed by atoms with Crippen molar-refractivity contribution in [3.05, 3.63) is 45.9 Å². The standard InChI is InChI=1S/C15H19BrFN3O/c1-9(2)20-15(10(16)8-19-20)14(18-3)13-11(17)6-5-7-12(13)21-4/h5-9,14,18H,1-4H3. The number of nitrogens with zero attached hydrogens (tertiary/aromatic N) is 2. The highest BCUT2D eigenvalue weighted by Gasteiger charge is 2.27. The molecular formula is C15H19BrFN3O. The smallest absolute Gasteiger partial charge is 0.132 e. The third kappa shape index (κ3) is 2.96. The van der Waals surface area contributed by atoms with Gasteiger partial charge in [-0.3, -0.25) is 4.68 Å². The second-order valence-electron chi connectivity index (χ2n) is 4.99. The summed E-state index contributed by atoms with van der Waals surface area (Å²) < 4.78 is 22.4. The van der Waals surface area contributed by atoms with Crippen LogP contribution < -0.4 is 10.1 Å². The Kier molecular flexibility index (Phi) is 5.00. The lowest BCUT2D eigenvalue weighted by Crippen LogP contribution is -2.24. The van der Waals surface area contributed by atoms with Crippen LogP contribution in [0.1, 0.15) is 37.2 Å². The maximum atomic E-state index is 14.4. The second-order valence-corrected chi connectivity index (χ2v) is 5.85. The molecule has 0 spiro atoms. The Balaban J connectivity index is 2.63. The lowest BCUT2D eigenvalue weighted by Gasteiger charge is -2.23. The lowest BCUT2D eigenvalue weighted by atomic mass is 10.0. The van der Waals surface area contributed by atoms with E-state index < -0.39 is 0 Å². The second kappa shape index (κ2) is 6.58. The fraction of sp³-hybridized carbons (Fsp3) is 0.400. The van der Waals surface area contributed by atoms with E-state index in [9.17, 15) is 4.39 Å². The van der Waals surface area contributed by atoms with Gasteiger partial charge in [0.15, 0.2) is 0 Å². The Morgan fingerprint density at radius 1 is 1.38 bits per heavy atom. The largest absolute Gasteiger partial charge is 0.496 e. The zero-order valence-electron chi connectivity index (χ0n) is 12.5. The van der Waals surface area contributed by atoms with E-state index in [1.807, 2.05) is 18.5 Å². The van der Waals surface area contributed by atoms with Crippen molar-refractivity contribution >= 4 is 15.9 Å². The molecule has 1 N–H and O–H groups in total. The van der Waals surface area contributed by atoms with Crippen LogP contribution in [0.4, 0.5) is 4.39 Å². The first kappa shape index (κ1) is 16.0. The molecule has 0 fully saturated rings. The highest BCUT2D eigenvalue weighted by atomic mass is 79.9. The van der Waals surface area contributed by atoms with Gasteiger partial charge >= 0.3 is 0 Å². The molecule has 114 valence electrons. The Labute approximate surface area is 132 Å². The zero-order chi connectivity index (χ0) is 15.6. The minimum Gasteiger partial charge on any atom is -0.496 e. The predicted octanol–water partition coefficient (Wildman–Crippen LogP) is 3.68. The maximum Gasteiger partial charge on any atom is 0.132 e. The molecule has 0 bridgehead atoms.